The predicted molar refractivity (Wildman–Crippen MR) is 85.0 cm³/mol. The van der Waals surface area contributed by atoms with E-state index >= 15 is 0 Å². The number of benzene rings is 1. The molecule has 2 rings (SSSR count). The van der Waals surface area contributed by atoms with Gasteiger partial charge in [-0.3, -0.25) is 15.0 Å². The number of imide groups is 1. The third-order valence-corrected chi connectivity index (χ3v) is 3.84. The summed E-state index contributed by atoms with van der Waals surface area (Å²) in [5.74, 6) is 1.15. The highest BCUT2D eigenvalue weighted by molar-refractivity contribution is 6.01. The molecule has 3 amide bonds. The number of methoxy groups -OCH3 is 1. The highest BCUT2D eigenvalue weighted by Gasteiger charge is 2.18. The SMILES string of the molecule is COc1ccc(NC(=O)NC(=O)CN2CCC(C)CC2)cc1. The van der Waals surface area contributed by atoms with Gasteiger partial charge in [-0.25, -0.2) is 4.79 Å². The van der Waals surface area contributed by atoms with Crippen molar-refractivity contribution >= 4 is 17.6 Å². The van der Waals surface area contributed by atoms with Crippen molar-refractivity contribution in [2.24, 2.45) is 5.92 Å². The molecule has 0 atom stereocenters. The van der Waals surface area contributed by atoms with Crippen molar-refractivity contribution in [1.29, 1.82) is 0 Å². The molecule has 1 aromatic carbocycles. The van der Waals surface area contributed by atoms with Gasteiger partial charge < -0.3 is 10.1 Å². The molecule has 120 valence electrons. The van der Waals surface area contributed by atoms with Crippen LogP contribution in [0, 0.1) is 5.92 Å². The molecule has 0 saturated carbocycles. The van der Waals surface area contributed by atoms with E-state index in [0.717, 1.165) is 31.8 Å². The number of likely N-dealkylation sites (tertiary alicyclic amines) is 1. The zero-order valence-corrected chi connectivity index (χ0v) is 13.1. The average Bonchev–Trinajstić information content (AvgIpc) is 2.50. The summed E-state index contributed by atoms with van der Waals surface area (Å²) in [5.41, 5.74) is 0.609. The van der Waals surface area contributed by atoms with Crippen LogP contribution in [0.4, 0.5) is 10.5 Å². The van der Waals surface area contributed by atoms with Crippen molar-refractivity contribution in [2.75, 3.05) is 32.1 Å². The first-order chi connectivity index (χ1) is 10.6. The summed E-state index contributed by atoms with van der Waals surface area (Å²) in [6.07, 6.45) is 2.21. The van der Waals surface area contributed by atoms with Crippen molar-refractivity contribution in [3.63, 3.8) is 0 Å². The Kier molecular flexibility index (Phi) is 5.77. The fourth-order valence-electron chi connectivity index (χ4n) is 2.43. The number of anilines is 1. The maximum atomic E-state index is 11.9. The zero-order valence-electron chi connectivity index (χ0n) is 13.1. The molecule has 1 fully saturated rings. The Bertz CT molecular complexity index is 508. The van der Waals surface area contributed by atoms with Crippen molar-refractivity contribution < 1.29 is 14.3 Å². The maximum absolute atomic E-state index is 11.9. The second-order valence-corrected chi connectivity index (χ2v) is 5.69. The van der Waals surface area contributed by atoms with Crippen molar-refractivity contribution in [3.05, 3.63) is 24.3 Å². The van der Waals surface area contributed by atoms with Gasteiger partial charge in [0.15, 0.2) is 0 Å². The van der Waals surface area contributed by atoms with Crippen molar-refractivity contribution in [2.45, 2.75) is 19.8 Å². The number of hydrogen-bond donors (Lipinski definition) is 2. The summed E-state index contributed by atoms with van der Waals surface area (Å²) in [5, 5.41) is 4.98. The Labute approximate surface area is 130 Å². The lowest BCUT2D eigenvalue weighted by Crippen LogP contribution is -2.44. The molecular weight excluding hydrogens is 282 g/mol. The zero-order chi connectivity index (χ0) is 15.9. The third-order valence-electron chi connectivity index (χ3n) is 3.84. The van der Waals surface area contributed by atoms with E-state index in [0.29, 0.717) is 11.4 Å². The van der Waals surface area contributed by atoms with Crippen LogP contribution in [0.25, 0.3) is 0 Å². The first-order valence-corrected chi connectivity index (χ1v) is 7.54. The highest BCUT2D eigenvalue weighted by Crippen LogP contribution is 2.16. The van der Waals surface area contributed by atoms with Crippen LogP contribution in [-0.4, -0.2) is 43.6 Å². The predicted octanol–water partition coefficient (Wildman–Crippen LogP) is 2.08. The van der Waals surface area contributed by atoms with Crippen LogP contribution in [0.1, 0.15) is 19.8 Å². The number of amides is 3. The Balaban J connectivity index is 1.74. The molecular formula is C16H23N3O3. The fourth-order valence-corrected chi connectivity index (χ4v) is 2.43. The third kappa shape index (κ3) is 5.04. The molecule has 1 aromatic rings. The molecule has 0 bridgehead atoms. The molecule has 1 saturated heterocycles. The molecule has 0 spiro atoms. The van der Waals surface area contributed by atoms with E-state index in [2.05, 4.69) is 22.5 Å². The molecule has 0 aliphatic carbocycles. The van der Waals surface area contributed by atoms with Gasteiger partial charge in [-0.15, -0.1) is 0 Å². The summed E-state index contributed by atoms with van der Waals surface area (Å²) in [6, 6.07) is 6.41. The Morgan fingerprint density at radius 2 is 1.86 bits per heavy atom. The molecule has 1 heterocycles. The number of urea groups is 1. The van der Waals surface area contributed by atoms with Gasteiger partial charge in [-0.2, -0.15) is 0 Å². The summed E-state index contributed by atoms with van der Waals surface area (Å²) in [4.78, 5) is 25.7. The normalized spacial score (nSPS) is 16.1. The van der Waals surface area contributed by atoms with Crippen LogP contribution in [0.15, 0.2) is 24.3 Å². The number of ether oxygens (including phenoxy) is 1. The largest absolute Gasteiger partial charge is 0.497 e. The topological polar surface area (TPSA) is 70.7 Å². The quantitative estimate of drug-likeness (QED) is 0.893. The van der Waals surface area contributed by atoms with Gasteiger partial charge in [0.2, 0.25) is 5.91 Å². The van der Waals surface area contributed by atoms with E-state index in [4.69, 9.17) is 4.74 Å². The Morgan fingerprint density at radius 3 is 2.45 bits per heavy atom. The lowest BCUT2D eigenvalue weighted by atomic mass is 9.99. The summed E-state index contributed by atoms with van der Waals surface area (Å²) < 4.78 is 5.04. The number of rotatable bonds is 4. The first kappa shape index (κ1) is 16.3. The molecule has 0 aromatic heterocycles. The molecule has 6 heteroatoms. The van der Waals surface area contributed by atoms with Crippen LogP contribution in [-0.2, 0) is 4.79 Å². The van der Waals surface area contributed by atoms with E-state index in [9.17, 15) is 9.59 Å². The minimum atomic E-state index is -0.513. The second-order valence-electron chi connectivity index (χ2n) is 5.69. The van der Waals surface area contributed by atoms with Gasteiger partial charge in [0.25, 0.3) is 0 Å². The first-order valence-electron chi connectivity index (χ1n) is 7.54. The molecule has 22 heavy (non-hydrogen) atoms. The van der Waals surface area contributed by atoms with E-state index in [-0.39, 0.29) is 12.5 Å². The van der Waals surface area contributed by atoms with E-state index in [1.807, 2.05) is 0 Å². The van der Waals surface area contributed by atoms with Crippen molar-refractivity contribution in [1.82, 2.24) is 10.2 Å². The van der Waals surface area contributed by atoms with E-state index in [1.165, 1.54) is 0 Å². The monoisotopic (exact) mass is 305 g/mol. The summed E-state index contributed by atoms with van der Waals surface area (Å²) in [6.45, 7) is 4.31. The van der Waals surface area contributed by atoms with Gasteiger partial charge in [0.1, 0.15) is 5.75 Å². The molecule has 6 nitrogen and oxygen atoms in total. The lowest BCUT2D eigenvalue weighted by molar-refractivity contribution is -0.121. The molecule has 1 aliphatic rings. The number of carbonyl (C=O) groups is 2. The Hall–Kier alpha value is -2.08. The van der Waals surface area contributed by atoms with E-state index in [1.54, 1.807) is 31.4 Å². The molecule has 0 unspecified atom stereocenters. The minimum Gasteiger partial charge on any atom is -0.497 e. The standard InChI is InChI=1S/C16H23N3O3/c1-12-7-9-19(10-8-12)11-15(20)18-16(21)17-13-3-5-14(22-2)6-4-13/h3-6,12H,7-11H2,1-2H3,(H2,17,18,20,21). The summed E-state index contributed by atoms with van der Waals surface area (Å²) >= 11 is 0. The maximum Gasteiger partial charge on any atom is 0.325 e. The Morgan fingerprint density at radius 1 is 1.23 bits per heavy atom. The number of carbonyl (C=O) groups excluding carboxylic acids is 2. The number of nitrogens with one attached hydrogen (secondary N) is 2. The molecule has 1 aliphatic heterocycles. The van der Waals surface area contributed by atoms with Gasteiger partial charge in [0, 0.05) is 5.69 Å². The molecule has 2 N–H and O–H groups in total. The fraction of sp³-hybridized carbons (Fsp3) is 0.500. The van der Waals surface area contributed by atoms with Gasteiger partial charge in [-0.1, -0.05) is 6.92 Å². The van der Waals surface area contributed by atoms with Crippen molar-refractivity contribution in [3.8, 4) is 5.75 Å². The average molecular weight is 305 g/mol. The van der Waals surface area contributed by atoms with Crippen LogP contribution >= 0.6 is 0 Å². The van der Waals surface area contributed by atoms with Crippen LogP contribution in [0.3, 0.4) is 0 Å². The van der Waals surface area contributed by atoms with Crippen LogP contribution < -0.4 is 15.4 Å². The van der Waals surface area contributed by atoms with E-state index < -0.39 is 6.03 Å². The minimum absolute atomic E-state index is 0.267. The number of piperidine rings is 1. The molecule has 0 radical (unpaired) electrons. The van der Waals surface area contributed by atoms with Gasteiger partial charge in [-0.05, 0) is 56.1 Å². The second kappa shape index (κ2) is 7.79. The summed E-state index contributed by atoms with van der Waals surface area (Å²) in [7, 11) is 1.58. The van der Waals surface area contributed by atoms with Gasteiger partial charge in [0.05, 0.1) is 13.7 Å². The highest BCUT2D eigenvalue weighted by atomic mass is 16.5. The number of hydrogen-bond acceptors (Lipinski definition) is 4. The van der Waals surface area contributed by atoms with Crippen LogP contribution in [0.5, 0.6) is 5.75 Å². The smallest absolute Gasteiger partial charge is 0.325 e. The lowest BCUT2D eigenvalue weighted by Gasteiger charge is -2.29. The van der Waals surface area contributed by atoms with Crippen LogP contribution in [0.2, 0.25) is 0 Å². The number of nitrogens with zero attached hydrogens (tertiary/aromatic N) is 1. The van der Waals surface area contributed by atoms with Gasteiger partial charge >= 0.3 is 6.03 Å².